The molecule has 1 aromatic carbocycles. The number of sulfonamides is 1. The molecule has 0 aliphatic heterocycles. The van der Waals surface area contributed by atoms with Crippen LogP contribution in [0.25, 0.3) is 0 Å². The van der Waals surface area contributed by atoms with Gasteiger partial charge in [0.1, 0.15) is 0 Å². The van der Waals surface area contributed by atoms with Gasteiger partial charge in [-0.3, -0.25) is 0 Å². The number of rotatable bonds is 5. The molecule has 2 rings (SSSR count). The van der Waals surface area contributed by atoms with Gasteiger partial charge in [0.15, 0.2) is 0 Å². The summed E-state index contributed by atoms with van der Waals surface area (Å²) in [6.45, 7) is 0.274. The van der Waals surface area contributed by atoms with Crippen LogP contribution in [0.4, 0.5) is 0 Å². The quantitative estimate of drug-likeness (QED) is 0.851. The number of nitrogens with two attached hydrogens (primary N) is 1. The first-order chi connectivity index (χ1) is 8.63. The second-order valence-electron chi connectivity index (χ2n) is 4.77. The molecular weight excluding hydrogens is 248 g/mol. The highest BCUT2D eigenvalue weighted by molar-refractivity contribution is 7.90. The minimum Gasteiger partial charge on any atom is -0.329 e. The Hall–Kier alpha value is -0.910. The van der Waals surface area contributed by atoms with Crippen molar-refractivity contribution in [3.8, 4) is 0 Å². The van der Waals surface area contributed by atoms with Crippen molar-refractivity contribution in [3.63, 3.8) is 0 Å². The van der Waals surface area contributed by atoms with Crippen LogP contribution in [0.3, 0.4) is 0 Å². The highest BCUT2D eigenvalue weighted by Crippen LogP contribution is 2.25. The summed E-state index contributed by atoms with van der Waals surface area (Å²) in [6.07, 6.45) is 3.54. The third kappa shape index (κ3) is 3.10. The molecule has 0 aromatic heterocycles. The first-order valence-corrected chi connectivity index (χ1v) is 7.94. The standard InChI is InChI=1S/C13H20N2O2S/c14-10-13(11-6-2-1-3-7-11)15-18(16,17)12-8-4-5-9-12/h1-3,6-7,12-13,15H,4-5,8-10,14H2. The van der Waals surface area contributed by atoms with Crippen LogP contribution in [-0.4, -0.2) is 20.2 Å². The van der Waals surface area contributed by atoms with Crippen molar-refractivity contribution in [2.24, 2.45) is 5.73 Å². The Labute approximate surface area is 109 Å². The SMILES string of the molecule is NCC(NS(=O)(=O)C1CCCC1)c1ccccc1. The summed E-state index contributed by atoms with van der Waals surface area (Å²) in [5, 5.41) is -0.240. The van der Waals surface area contributed by atoms with E-state index >= 15 is 0 Å². The van der Waals surface area contributed by atoms with Crippen molar-refractivity contribution < 1.29 is 8.42 Å². The number of hydrogen-bond acceptors (Lipinski definition) is 3. The van der Waals surface area contributed by atoms with Gasteiger partial charge in [-0.1, -0.05) is 43.2 Å². The minimum absolute atomic E-state index is 0.240. The molecule has 0 saturated heterocycles. The lowest BCUT2D eigenvalue weighted by atomic mass is 10.1. The van der Waals surface area contributed by atoms with Gasteiger partial charge in [-0.15, -0.1) is 0 Å². The maximum atomic E-state index is 12.2. The van der Waals surface area contributed by atoms with Crippen LogP contribution >= 0.6 is 0 Å². The second kappa shape index (κ2) is 5.82. The molecule has 0 heterocycles. The average Bonchev–Trinajstić information content (AvgIpc) is 2.92. The molecule has 0 amide bonds. The lowest BCUT2D eigenvalue weighted by Crippen LogP contribution is -2.38. The van der Waals surface area contributed by atoms with Crippen molar-refractivity contribution in [1.82, 2.24) is 4.72 Å². The molecule has 1 aromatic rings. The molecule has 5 heteroatoms. The molecule has 0 radical (unpaired) electrons. The van der Waals surface area contributed by atoms with E-state index in [1.807, 2.05) is 30.3 Å². The van der Waals surface area contributed by atoms with E-state index in [4.69, 9.17) is 5.73 Å². The van der Waals surface area contributed by atoms with Gasteiger partial charge >= 0.3 is 0 Å². The van der Waals surface area contributed by atoms with Crippen LogP contribution in [0.5, 0.6) is 0 Å². The van der Waals surface area contributed by atoms with Gasteiger partial charge in [0.05, 0.1) is 11.3 Å². The van der Waals surface area contributed by atoms with Crippen molar-refractivity contribution >= 4 is 10.0 Å². The fourth-order valence-electron chi connectivity index (χ4n) is 2.43. The Morgan fingerprint density at radius 3 is 2.39 bits per heavy atom. The Morgan fingerprint density at radius 1 is 1.22 bits per heavy atom. The summed E-state index contributed by atoms with van der Waals surface area (Å²) in [5.74, 6) is 0. The summed E-state index contributed by atoms with van der Waals surface area (Å²) in [4.78, 5) is 0. The zero-order valence-electron chi connectivity index (χ0n) is 10.4. The average molecular weight is 268 g/mol. The highest BCUT2D eigenvalue weighted by atomic mass is 32.2. The van der Waals surface area contributed by atoms with E-state index < -0.39 is 10.0 Å². The van der Waals surface area contributed by atoms with Crippen molar-refractivity contribution in [2.75, 3.05) is 6.54 Å². The fraction of sp³-hybridized carbons (Fsp3) is 0.538. The van der Waals surface area contributed by atoms with Gasteiger partial charge in [-0.2, -0.15) is 0 Å². The normalized spacial score (nSPS) is 18.9. The van der Waals surface area contributed by atoms with E-state index in [9.17, 15) is 8.42 Å². The highest BCUT2D eigenvalue weighted by Gasteiger charge is 2.30. The van der Waals surface area contributed by atoms with E-state index in [1.54, 1.807) is 0 Å². The molecule has 1 fully saturated rings. The van der Waals surface area contributed by atoms with E-state index in [0.29, 0.717) is 0 Å². The molecule has 1 saturated carbocycles. The molecule has 100 valence electrons. The molecule has 0 spiro atoms. The topological polar surface area (TPSA) is 72.2 Å². The van der Waals surface area contributed by atoms with Crippen LogP contribution in [0.15, 0.2) is 30.3 Å². The maximum absolute atomic E-state index is 12.2. The Kier molecular flexibility index (Phi) is 4.37. The monoisotopic (exact) mass is 268 g/mol. The first kappa shape index (κ1) is 13.5. The minimum atomic E-state index is -3.25. The molecular formula is C13H20N2O2S. The Bertz CT molecular complexity index is 467. The summed E-state index contributed by atoms with van der Waals surface area (Å²) in [5.41, 5.74) is 6.60. The van der Waals surface area contributed by atoms with Crippen LogP contribution < -0.4 is 10.5 Å². The third-order valence-electron chi connectivity index (χ3n) is 3.49. The molecule has 3 N–H and O–H groups in total. The van der Waals surface area contributed by atoms with Crippen LogP contribution in [-0.2, 0) is 10.0 Å². The Morgan fingerprint density at radius 2 is 1.83 bits per heavy atom. The van der Waals surface area contributed by atoms with Gasteiger partial charge in [0, 0.05) is 6.54 Å². The van der Waals surface area contributed by atoms with Crippen molar-refractivity contribution in [1.29, 1.82) is 0 Å². The molecule has 18 heavy (non-hydrogen) atoms. The maximum Gasteiger partial charge on any atom is 0.215 e. The van der Waals surface area contributed by atoms with Crippen LogP contribution in [0.1, 0.15) is 37.3 Å². The summed E-state index contributed by atoms with van der Waals surface area (Å²) >= 11 is 0. The van der Waals surface area contributed by atoms with Crippen LogP contribution in [0, 0.1) is 0 Å². The largest absolute Gasteiger partial charge is 0.329 e. The van der Waals surface area contributed by atoms with E-state index in [2.05, 4.69) is 4.72 Å². The third-order valence-corrected chi connectivity index (χ3v) is 5.45. The number of nitrogens with one attached hydrogen (secondary N) is 1. The van der Waals surface area contributed by atoms with Gasteiger partial charge in [0.25, 0.3) is 0 Å². The molecule has 4 nitrogen and oxygen atoms in total. The second-order valence-corrected chi connectivity index (χ2v) is 6.76. The zero-order chi connectivity index (χ0) is 13.0. The smallest absolute Gasteiger partial charge is 0.215 e. The van der Waals surface area contributed by atoms with Crippen LogP contribution in [0.2, 0.25) is 0 Å². The molecule has 1 atom stereocenters. The number of benzene rings is 1. The summed E-state index contributed by atoms with van der Waals surface area (Å²) < 4.78 is 27.2. The van der Waals surface area contributed by atoms with Gasteiger partial charge < -0.3 is 5.73 Å². The predicted octanol–water partition coefficient (Wildman–Crippen LogP) is 1.55. The summed E-state index contributed by atoms with van der Waals surface area (Å²) in [7, 11) is -3.25. The summed E-state index contributed by atoms with van der Waals surface area (Å²) in [6, 6.07) is 9.16. The molecule has 0 bridgehead atoms. The van der Waals surface area contributed by atoms with Gasteiger partial charge in [-0.25, -0.2) is 13.1 Å². The Balaban J connectivity index is 2.11. The van der Waals surface area contributed by atoms with Gasteiger partial charge in [-0.05, 0) is 18.4 Å². The number of hydrogen-bond donors (Lipinski definition) is 2. The van der Waals surface area contributed by atoms with E-state index in [-0.39, 0.29) is 17.8 Å². The first-order valence-electron chi connectivity index (χ1n) is 6.39. The van der Waals surface area contributed by atoms with E-state index in [1.165, 1.54) is 0 Å². The van der Waals surface area contributed by atoms with Crippen molar-refractivity contribution in [3.05, 3.63) is 35.9 Å². The van der Waals surface area contributed by atoms with Gasteiger partial charge in [0.2, 0.25) is 10.0 Å². The predicted molar refractivity (Wildman–Crippen MR) is 72.5 cm³/mol. The molecule has 1 aliphatic carbocycles. The van der Waals surface area contributed by atoms with Crippen molar-refractivity contribution in [2.45, 2.75) is 37.0 Å². The molecule has 1 aliphatic rings. The lowest BCUT2D eigenvalue weighted by Gasteiger charge is -2.20. The fourth-order valence-corrected chi connectivity index (χ4v) is 4.21. The lowest BCUT2D eigenvalue weighted by molar-refractivity contribution is 0.543. The van der Waals surface area contributed by atoms with E-state index in [0.717, 1.165) is 31.2 Å². The molecule has 1 unspecified atom stereocenters. The zero-order valence-corrected chi connectivity index (χ0v) is 11.2.